The van der Waals surface area contributed by atoms with Crippen LogP contribution in [0.2, 0.25) is 0 Å². The number of nitrogens with zero attached hydrogens (tertiary/aromatic N) is 2. The third-order valence-electron chi connectivity index (χ3n) is 3.84. The van der Waals surface area contributed by atoms with E-state index >= 15 is 0 Å². The van der Waals surface area contributed by atoms with Crippen molar-refractivity contribution in [2.45, 2.75) is 19.9 Å². The lowest BCUT2D eigenvalue weighted by molar-refractivity contribution is -0.384. The van der Waals surface area contributed by atoms with Crippen molar-refractivity contribution in [1.29, 1.82) is 0 Å². The number of carboxylic acid groups (broad SMARTS) is 1. The molecule has 2 aromatic rings. The first kappa shape index (κ1) is 19.5. The monoisotopic (exact) mass is 378 g/mol. The van der Waals surface area contributed by atoms with Crippen LogP contribution in [0.15, 0.2) is 48.5 Å². The molecule has 0 saturated heterocycles. The predicted molar refractivity (Wildman–Crippen MR) is 98.0 cm³/mol. The number of anilines is 1. The van der Waals surface area contributed by atoms with Gasteiger partial charge in [-0.25, -0.2) is 9.00 Å². The topological polar surface area (TPSA) is 121 Å². The number of nitro benzene ring substituents is 1. The molecule has 8 nitrogen and oxygen atoms in total. The number of nitro groups is 1. The van der Waals surface area contributed by atoms with E-state index in [1.54, 1.807) is 50.2 Å². The Bertz CT molecular complexity index is 820. The SMILES string of the molecule is CC(C)C(C(=O)O)N(c1ccc(-c2ccc([N+](=O)[O-])cc2)cc1)S(=O)O. The average Bonchev–Trinajstić information content (AvgIpc) is 2.59. The van der Waals surface area contributed by atoms with Crippen LogP contribution in [-0.2, 0) is 16.1 Å². The zero-order chi connectivity index (χ0) is 19.4. The van der Waals surface area contributed by atoms with Crippen LogP contribution in [-0.4, -0.2) is 30.8 Å². The molecule has 0 aliphatic rings. The zero-order valence-corrected chi connectivity index (χ0v) is 14.9. The van der Waals surface area contributed by atoms with Gasteiger partial charge in [0.2, 0.25) is 0 Å². The molecule has 0 saturated carbocycles. The first-order valence-electron chi connectivity index (χ1n) is 7.70. The van der Waals surface area contributed by atoms with Gasteiger partial charge in [-0.15, -0.1) is 0 Å². The van der Waals surface area contributed by atoms with Crippen molar-refractivity contribution in [3.05, 3.63) is 58.6 Å². The molecular formula is C17H18N2O6S. The van der Waals surface area contributed by atoms with E-state index in [0.29, 0.717) is 0 Å². The highest BCUT2D eigenvalue weighted by Gasteiger charge is 2.32. The van der Waals surface area contributed by atoms with Gasteiger partial charge in [-0.1, -0.05) is 26.0 Å². The van der Waals surface area contributed by atoms with Gasteiger partial charge in [0.15, 0.2) is 0 Å². The molecule has 0 bridgehead atoms. The number of carbonyl (C=O) groups is 1. The van der Waals surface area contributed by atoms with E-state index in [9.17, 15) is 28.8 Å². The molecule has 2 N–H and O–H groups in total. The van der Waals surface area contributed by atoms with Gasteiger partial charge in [0, 0.05) is 12.1 Å². The summed E-state index contributed by atoms with van der Waals surface area (Å²) in [5.74, 6) is -1.58. The summed E-state index contributed by atoms with van der Waals surface area (Å²) in [6, 6.07) is 11.2. The molecule has 0 aliphatic carbocycles. The summed E-state index contributed by atoms with van der Waals surface area (Å²) >= 11 is -2.51. The second kappa shape index (κ2) is 8.07. The van der Waals surface area contributed by atoms with Gasteiger partial charge in [-0.05, 0) is 41.3 Å². The van der Waals surface area contributed by atoms with Crippen LogP contribution in [0.5, 0.6) is 0 Å². The molecule has 0 heterocycles. The predicted octanol–water partition coefficient (Wildman–Crippen LogP) is 3.31. The standard InChI is InChI=1S/C17H18N2O6S/c1-11(2)16(17(20)21)18(26(24)25)14-7-3-12(4-8-14)13-5-9-15(10-6-13)19(22)23/h3-11,16H,1-2H3,(H,20,21)(H,24,25). The van der Waals surface area contributed by atoms with Crippen molar-refractivity contribution in [2.75, 3.05) is 4.31 Å². The lowest BCUT2D eigenvalue weighted by Gasteiger charge is -2.29. The van der Waals surface area contributed by atoms with Gasteiger partial charge < -0.3 is 5.11 Å². The zero-order valence-electron chi connectivity index (χ0n) is 14.1. The Balaban J connectivity index is 2.35. The maximum atomic E-state index is 11.7. The Labute approximate surface area is 152 Å². The number of aliphatic carboxylic acids is 1. The summed E-state index contributed by atoms with van der Waals surface area (Å²) in [5.41, 5.74) is 1.74. The van der Waals surface area contributed by atoms with E-state index in [1.807, 2.05) is 0 Å². The van der Waals surface area contributed by atoms with E-state index in [1.165, 1.54) is 12.1 Å². The maximum absolute atomic E-state index is 11.7. The molecule has 9 heteroatoms. The van der Waals surface area contributed by atoms with Crippen molar-refractivity contribution < 1.29 is 23.6 Å². The van der Waals surface area contributed by atoms with Crippen LogP contribution in [0, 0.1) is 16.0 Å². The first-order chi connectivity index (χ1) is 12.2. The summed E-state index contributed by atoms with van der Waals surface area (Å²) in [6.45, 7) is 3.31. The van der Waals surface area contributed by atoms with Crippen LogP contribution in [0.4, 0.5) is 11.4 Å². The molecule has 0 fully saturated rings. The second-order valence-electron chi connectivity index (χ2n) is 5.93. The molecule has 26 heavy (non-hydrogen) atoms. The van der Waals surface area contributed by atoms with Crippen LogP contribution < -0.4 is 4.31 Å². The smallest absolute Gasteiger partial charge is 0.327 e. The minimum absolute atomic E-state index is 0.0199. The molecule has 2 rings (SSSR count). The molecule has 2 aromatic carbocycles. The number of benzene rings is 2. The number of non-ortho nitro benzene ring substituents is 1. The number of hydrogen-bond acceptors (Lipinski definition) is 4. The summed E-state index contributed by atoms with van der Waals surface area (Å²) in [4.78, 5) is 21.7. The molecule has 0 spiro atoms. The average molecular weight is 378 g/mol. The number of rotatable bonds is 7. The van der Waals surface area contributed by atoms with Crippen LogP contribution in [0.3, 0.4) is 0 Å². The van der Waals surface area contributed by atoms with Gasteiger partial charge in [-0.2, -0.15) is 0 Å². The Morgan fingerprint density at radius 3 is 1.88 bits per heavy atom. The largest absolute Gasteiger partial charge is 0.480 e. The van der Waals surface area contributed by atoms with Crippen LogP contribution in [0.25, 0.3) is 11.1 Å². The third kappa shape index (κ3) is 4.24. The summed E-state index contributed by atoms with van der Waals surface area (Å²) < 4.78 is 22.2. The lowest BCUT2D eigenvalue weighted by atomic mass is 10.0. The summed E-state index contributed by atoms with van der Waals surface area (Å²) in [6.07, 6.45) is 0. The van der Waals surface area contributed by atoms with E-state index in [2.05, 4.69) is 0 Å². The van der Waals surface area contributed by atoms with Crippen molar-refractivity contribution in [1.82, 2.24) is 0 Å². The fourth-order valence-electron chi connectivity index (χ4n) is 2.58. The number of carboxylic acids is 1. The molecule has 2 unspecified atom stereocenters. The van der Waals surface area contributed by atoms with Gasteiger partial charge >= 0.3 is 5.97 Å². The molecule has 138 valence electrons. The minimum atomic E-state index is -2.51. The fraction of sp³-hybridized carbons (Fsp3) is 0.235. The van der Waals surface area contributed by atoms with E-state index in [4.69, 9.17) is 0 Å². The first-order valence-corrected chi connectivity index (χ1v) is 8.76. The van der Waals surface area contributed by atoms with Crippen molar-refractivity contribution in [3.63, 3.8) is 0 Å². The number of hydrogen-bond donors (Lipinski definition) is 2. The van der Waals surface area contributed by atoms with Gasteiger partial charge in [0.05, 0.1) is 10.6 Å². The molecule has 0 aliphatic heterocycles. The van der Waals surface area contributed by atoms with Crippen LogP contribution in [0.1, 0.15) is 13.8 Å². The molecule has 0 radical (unpaired) electrons. The minimum Gasteiger partial charge on any atom is -0.480 e. The van der Waals surface area contributed by atoms with Crippen LogP contribution >= 0.6 is 0 Å². The highest BCUT2D eigenvalue weighted by molar-refractivity contribution is 7.80. The maximum Gasteiger partial charge on any atom is 0.327 e. The third-order valence-corrected chi connectivity index (χ3v) is 4.61. The van der Waals surface area contributed by atoms with Gasteiger partial charge in [-0.3, -0.25) is 19.0 Å². The Morgan fingerprint density at radius 1 is 1.08 bits per heavy atom. The van der Waals surface area contributed by atoms with E-state index in [-0.39, 0.29) is 11.4 Å². The van der Waals surface area contributed by atoms with E-state index < -0.39 is 34.1 Å². The highest BCUT2D eigenvalue weighted by atomic mass is 32.2. The quantitative estimate of drug-likeness (QED) is 0.433. The van der Waals surface area contributed by atoms with Gasteiger partial charge in [0.1, 0.15) is 6.04 Å². The summed E-state index contributed by atoms with van der Waals surface area (Å²) in [7, 11) is 0. The summed E-state index contributed by atoms with van der Waals surface area (Å²) in [5, 5.41) is 20.1. The molecule has 2 atom stereocenters. The molecule has 0 amide bonds. The Morgan fingerprint density at radius 2 is 1.54 bits per heavy atom. The molecule has 0 aromatic heterocycles. The molecular weight excluding hydrogens is 360 g/mol. The second-order valence-corrected chi connectivity index (χ2v) is 6.79. The Kier molecular flexibility index (Phi) is 6.06. The normalized spacial score (nSPS) is 13.2. The van der Waals surface area contributed by atoms with Gasteiger partial charge in [0.25, 0.3) is 17.0 Å². The Hall–Kier alpha value is -2.78. The lowest BCUT2D eigenvalue weighted by Crippen LogP contribution is -2.45. The van der Waals surface area contributed by atoms with Crippen molar-refractivity contribution in [3.8, 4) is 11.1 Å². The van der Waals surface area contributed by atoms with E-state index in [0.717, 1.165) is 15.4 Å². The fourth-order valence-corrected chi connectivity index (χ4v) is 3.41. The van der Waals surface area contributed by atoms with Crippen molar-refractivity contribution in [2.24, 2.45) is 5.92 Å². The highest BCUT2D eigenvalue weighted by Crippen LogP contribution is 2.28. The van der Waals surface area contributed by atoms with Crippen molar-refractivity contribution >= 4 is 28.6 Å².